The van der Waals surface area contributed by atoms with Crippen LogP contribution in [0.1, 0.15) is 31.7 Å². The van der Waals surface area contributed by atoms with Crippen LogP contribution in [-0.2, 0) is 7.05 Å². The van der Waals surface area contributed by atoms with Crippen molar-refractivity contribution in [2.24, 2.45) is 7.05 Å². The van der Waals surface area contributed by atoms with E-state index >= 15 is 0 Å². The molecule has 180 valence electrons. The van der Waals surface area contributed by atoms with Gasteiger partial charge in [-0.15, -0.1) is 0 Å². The van der Waals surface area contributed by atoms with E-state index in [0.717, 1.165) is 0 Å². The topological polar surface area (TPSA) is 98.4 Å². The first kappa shape index (κ1) is 21.7. The molecule has 35 heavy (non-hydrogen) atoms. The fraction of sp³-hybridized carbons (Fsp3) is 0.435. The van der Waals surface area contributed by atoms with Gasteiger partial charge in [0.25, 0.3) is 5.92 Å². The second-order valence-corrected chi connectivity index (χ2v) is 9.30. The van der Waals surface area contributed by atoms with Crippen molar-refractivity contribution in [3.8, 4) is 5.95 Å². The van der Waals surface area contributed by atoms with Crippen molar-refractivity contribution in [3.05, 3.63) is 46.4 Å². The Labute approximate surface area is 197 Å². The Morgan fingerprint density at radius 1 is 1.17 bits per heavy atom. The van der Waals surface area contributed by atoms with Gasteiger partial charge >= 0.3 is 5.69 Å². The van der Waals surface area contributed by atoms with Gasteiger partial charge in [0.2, 0.25) is 5.95 Å². The summed E-state index contributed by atoms with van der Waals surface area (Å²) in [5.74, 6) is -2.39. The van der Waals surface area contributed by atoms with E-state index in [2.05, 4.69) is 14.8 Å². The summed E-state index contributed by atoms with van der Waals surface area (Å²) in [6, 6.07) is 4.88. The number of aryl methyl sites for hydroxylation is 1. The van der Waals surface area contributed by atoms with Gasteiger partial charge in [-0.3, -0.25) is 13.7 Å². The van der Waals surface area contributed by atoms with Gasteiger partial charge in [-0.25, -0.2) is 23.4 Å². The van der Waals surface area contributed by atoms with Gasteiger partial charge in [-0.2, -0.15) is 9.97 Å². The fourth-order valence-electron chi connectivity index (χ4n) is 5.10. The summed E-state index contributed by atoms with van der Waals surface area (Å²) in [5, 5.41) is 9.95. The van der Waals surface area contributed by atoms with Crippen LogP contribution in [0.2, 0.25) is 0 Å². The molecule has 4 heterocycles. The molecule has 0 radical (unpaired) electrons. The molecule has 1 saturated carbocycles. The molecule has 0 bridgehead atoms. The lowest BCUT2D eigenvalue weighted by Crippen LogP contribution is -2.56. The minimum atomic E-state index is -2.83. The Morgan fingerprint density at radius 3 is 2.60 bits per heavy atom. The third kappa shape index (κ3) is 3.37. The third-order valence-electron chi connectivity index (χ3n) is 6.94. The van der Waals surface area contributed by atoms with Crippen LogP contribution < -0.4 is 10.6 Å². The predicted molar refractivity (Wildman–Crippen MR) is 124 cm³/mol. The second-order valence-electron chi connectivity index (χ2n) is 9.30. The number of rotatable bonds is 3. The molecule has 12 heteroatoms. The third-order valence-corrected chi connectivity index (χ3v) is 6.94. The van der Waals surface area contributed by atoms with E-state index in [-0.39, 0.29) is 23.5 Å². The minimum Gasteiger partial charge on any atom is -0.393 e. The molecule has 1 aromatic carbocycles. The fourth-order valence-corrected chi connectivity index (χ4v) is 5.10. The van der Waals surface area contributed by atoms with Crippen molar-refractivity contribution < 1.29 is 13.9 Å². The lowest BCUT2D eigenvalue weighted by atomic mass is 9.93. The number of aliphatic hydroxyl groups is 1. The van der Waals surface area contributed by atoms with Crippen molar-refractivity contribution in [3.63, 3.8) is 0 Å². The largest absolute Gasteiger partial charge is 0.393 e. The monoisotopic (exact) mass is 480 g/mol. The average Bonchev–Trinajstić information content (AvgIpc) is 3.36. The van der Waals surface area contributed by atoms with Crippen LogP contribution in [0, 0.1) is 6.57 Å². The number of aliphatic hydroxyl groups excluding tert-OH is 1. The normalized spacial score (nSPS) is 21.9. The van der Waals surface area contributed by atoms with Crippen molar-refractivity contribution in [2.75, 3.05) is 18.0 Å². The summed E-state index contributed by atoms with van der Waals surface area (Å²) >= 11 is 0. The highest BCUT2D eigenvalue weighted by atomic mass is 19.3. The van der Waals surface area contributed by atoms with Crippen LogP contribution in [-0.4, -0.2) is 58.9 Å². The van der Waals surface area contributed by atoms with Crippen LogP contribution in [0.3, 0.4) is 0 Å². The SMILES string of the molecule is [C-]#[N+]c1ccc2ncn(-c3nc(N4CC(F)(F)C4)c4c(n3)n(C3CCC(O)CC3)c(=O)n4C)c2c1. The summed E-state index contributed by atoms with van der Waals surface area (Å²) in [7, 11) is 1.60. The molecule has 10 nitrogen and oxygen atoms in total. The van der Waals surface area contributed by atoms with Crippen molar-refractivity contribution >= 4 is 33.7 Å². The summed E-state index contributed by atoms with van der Waals surface area (Å²) in [6.45, 7) is 6.33. The van der Waals surface area contributed by atoms with Crippen molar-refractivity contribution in [2.45, 2.75) is 43.8 Å². The first-order chi connectivity index (χ1) is 16.8. The maximum Gasteiger partial charge on any atom is 0.330 e. The van der Waals surface area contributed by atoms with Crippen LogP contribution in [0.15, 0.2) is 29.3 Å². The lowest BCUT2D eigenvalue weighted by molar-refractivity contribution is -0.0265. The number of halogens is 2. The molecule has 3 aromatic heterocycles. The van der Waals surface area contributed by atoms with E-state index in [1.54, 1.807) is 34.4 Å². The number of hydrogen-bond donors (Lipinski definition) is 1. The number of hydrogen-bond acceptors (Lipinski definition) is 6. The van der Waals surface area contributed by atoms with Crippen LogP contribution >= 0.6 is 0 Å². The van der Waals surface area contributed by atoms with Crippen LogP contribution in [0.5, 0.6) is 0 Å². The molecular weight excluding hydrogens is 458 g/mol. The Bertz CT molecular complexity index is 1560. The van der Waals surface area contributed by atoms with Gasteiger partial charge in [0.1, 0.15) is 11.8 Å². The van der Waals surface area contributed by atoms with Gasteiger partial charge in [0.15, 0.2) is 17.2 Å². The average molecular weight is 480 g/mol. The van der Waals surface area contributed by atoms with E-state index in [9.17, 15) is 18.7 Å². The number of fused-ring (bicyclic) bond motifs is 2. The Balaban J connectivity index is 1.60. The zero-order valence-electron chi connectivity index (χ0n) is 18.9. The maximum absolute atomic E-state index is 13.8. The van der Waals surface area contributed by atoms with E-state index in [4.69, 9.17) is 11.6 Å². The second kappa shape index (κ2) is 7.58. The number of imidazole rings is 2. The standard InChI is InChI=1S/C23H22F2N8O2/c1-26-13-3-8-16-17(9-13)32(12-27-16)21-28-19(31-10-23(24,25)11-31)18-20(29-21)33(22(35)30(18)2)14-4-6-15(34)7-5-14/h3,8-9,12,14-15,34H,4-7,10-11H2,2H3. The molecule has 2 aliphatic rings. The van der Waals surface area contributed by atoms with Gasteiger partial charge in [0.05, 0.1) is 36.8 Å². The highest BCUT2D eigenvalue weighted by Crippen LogP contribution is 2.37. The summed E-state index contributed by atoms with van der Waals surface area (Å²) in [4.78, 5) is 32.0. The zero-order chi connectivity index (χ0) is 24.5. The zero-order valence-corrected chi connectivity index (χ0v) is 18.9. The molecular formula is C23H22F2N8O2. The van der Waals surface area contributed by atoms with Gasteiger partial charge < -0.3 is 10.0 Å². The summed E-state index contributed by atoms with van der Waals surface area (Å²) in [5.41, 5.74) is 2.10. The molecule has 1 aliphatic heterocycles. The van der Waals surface area contributed by atoms with E-state index in [1.165, 1.54) is 15.8 Å². The molecule has 1 N–H and O–H groups in total. The van der Waals surface area contributed by atoms with Crippen molar-refractivity contribution in [1.82, 2.24) is 28.7 Å². The van der Waals surface area contributed by atoms with Gasteiger partial charge in [-0.1, -0.05) is 6.07 Å². The summed E-state index contributed by atoms with van der Waals surface area (Å²) in [6.07, 6.45) is 3.49. The maximum atomic E-state index is 13.8. The number of benzene rings is 1. The van der Waals surface area contributed by atoms with Gasteiger partial charge in [0, 0.05) is 13.1 Å². The Kier molecular flexibility index (Phi) is 4.69. The molecule has 0 unspecified atom stereocenters. The predicted octanol–water partition coefficient (Wildman–Crippen LogP) is 2.95. The van der Waals surface area contributed by atoms with Crippen LogP contribution in [0.25, 0.3) is 33.0 Å². The Hall–Kier alpha value is -3.85. The molecule has 0 atom stereocenters. The molecule has 6 rings (SSSR count). The number of nitrogens with zero attached hydrogens (tertiary/aromatic N) is 8. The number of alkyl halides is 2. The molecule has 1 aliphatic carbocycles. The molecule has 1 saturated heterocycles. The van der Waals surface area contributed by atoms with Gasteiger partial charge in [-0.05, 0) is 37.8 Å². The van der Waals surface area contributed by atoms with Crippen molar-refractivity contribution in [1.29, 1.82) is 0 Å². The van der Waals surface area contributed by atoms with Crippen LogP contribution in [0.4, 0.5) is 20.3 Å². The summed E-state index contributed by atoms with van der Waals surface area (Å²) < 4.78 is 32.3. The van der Waals surface area contributed by atoms with E-state index < -0.39 is 25.1 Å². The highest BCUT2D eigenvalue weighted by Gasteiger charge is 2.46. The molecule has 0 spiro atoms. The quantitative estimate of drug-likeness (QED) is 0.453. The molecule has 4 aromatic rings. The number of aromatic nitrogens is 6. The smallest absolute Gasteiger partial charge is 0.330 e. The van der Waals surface area contributed by atoms with E-state index in [0.29, 0.717) is 53.6 Å². The minimum absolute atomic E-state index is 0.170. The Morgan fingerprint density at radius 2 is 1.91 bits per heavy atom. The first-order valence-corrected chi connectivity index (χ1v) is 11.4. The van der Waals surface area contributed by atoms with E-state index in [1.807, 2.05) is 0 Å². The molecule has 0 amide bonds. The molecule has 2 fully saturated rings. The highest BCUT2D eigenvalue weighted by molar-refractivity contribution is 5.87. The number of anilines is 1. The lowest BCUT2D eigenvalue weighted by Gasteiger charge is -2.39. The first-order valence-electron chi connectivity index (χ1n) is 11.4.